The zero-order valence-corrected chi connectivity index (χ0v) is 44.3. The molecule has 378 valence electrons. The lowest BCUT2D eigenvalue weighted by atomic mass is 9.97. The van der Waals surface area contributed by atoms with Crippen LogP contribution in [0.2, 0.25) is 0 Å². The summed E-state index contributed by atoms with van der Waals surface area (Å²) in [5.41, 5.74) is 21.5. The van der Waals surface area contributed by atoms with E-state index in [0.717, 1.165) is 111 Å². The lowest BCUT2D eigenvalue weighted by Crippen LogP contribution is -2.09. The van der Waals surface area contributed by atoms with Crippen molar-refractivity contribution < 1.29 is 8.83 Å². The lowest BCUT2D eigenvalue weighted by Gasteiger charge is -2.26. The largest absolute Gasteiger partial charge is 0.456 e. The van der Waals surface area contributed by atoms with Crippen molar-refractivity contribution in [2.75, 3.05) is 9.80 Å². The zero-order chi connectivity index (χ0) is 53.3. The van der Waals surface area contributed by atoms with Crippen molar-refractivity contribution in [1.82, 2.24) is 0 Å². The number of fused-ring (bicyclic) bond motifs is 9. The predicted molar refractivity (Wildman–Crippen MR) is 337 cm³/mol. The van der Waals surface area contributed by atoms with E-state index in [1.807, 2.05) is 0 Å². The molecule has 0 saturated carbocycles. The summed E-state index contributed by atoms with van der Waals surface area (Å²) in [6, 6.07) is 100. The van der Waals surface area contributed by atoms with E-state index in [-0.39, 0.29) is 0 Å². The Morgan fingerprint density at radius 1 is 0.237 bits per heavy atom. The topological polar surface area (TPSA) is 32.8 Å². The van der Waals surface area contributed by atoms with Gasteiger partial charge < -0.3 is 18.6 Å². The molecule has 0 N–H and O–H groups in total. The molecule has 4 heteroatoms. The van der Waals surface area contributed by atoms with Gasteiger partial charge in [-0.3, -0.25) is 0 Å². The maximum atomic E-state index is 7.11. The summed E-state index contributed by atoms with van der Waals surface area (Å²) in [7, 11) is 0. The van der Waals surface area contributed by atoms with Crippen molar-refractivity contribution in [2.45, 2.75) is 13.8 Å². The Morgan fingerprint density at radius 3 is 0.887 bits per heavy atom. The normalized spacial score (nSPS) is 11.6. The highest BCUT2D eigenvalue weighted by atomic mass is 16.3. The van der Waals surface area contributed by atoms with E-state index in [0.29, 0.717) is 0 Å². The van der Waals surface area contributed by atoms with Crippen LogP contribution in [0.4, 0.5) is 34.1 Å². The van der Waals surface area contributed by atoms with Crippen LogP contribution in [0.5, 0.6) is 0 Å². The lowest BCUT2D eigenvalue weighted by molar-refractivity contribution is 0.660. The first-order valence-electron chi connectivity index (χ1n) is 27.4. The summed E-state index contributed by atoms with van der Waals surface area (Å²) >= 11 is 0. The SMILES string of the molecule is Cc1c(C)c2c3cc4ccc(N(c5ccc(-c6ccccc6)cc5)c5ccc(-c6ccccc6)cc5)cc4cc3oc2c2c1oc1cc3cc(N(c4ccc(-c5ccccc5)cc4)c4ccc(-c5ccccc5)cc4)ccc3cc12. The predicted octanol–water partition coefficient (Wildman–Crippen LogP) is 22.0. The first kappa shape index (κ1) is 46.8. The fourth-order valence-corrected chi connectivity index (χ4v) is 12.0. The van der Waals surface area contributed by atoms with Crippen LogP contribution in [0.3, 0.4) is 0 Å². The van der Waals surface area contributed by atoms with Crippen LogP contribution >= 0.6 is 0 Å². The van der Waals surface area contributed by atoms with E-state index >= 15 is 0 Å². The van der Waals surface area contributed by atoms with Crippen LogP contribution in [0.25, 0.3) is 110 Å². The molecule has 0 atom stereocenters. The molecule has 80 heavy (non-hydrogen) atoms. The maximum absolute atomic E-state index is 7.11. The third-order valence-corrected chi connectivity index (χ3v) is 16.2. The Morgan fingerprint density at radius 2 is 0.537 bits per heavy atom. The number of aryl methyl sites for hydroxylation is 2. The average Bonchev–Trinajstić information content (AvgIpc) is 4.17. The van der Waals surface area contributed by atoms with Gasteiger partial charge in [0.25, 0.3) is 0 Å². The van der Waals surface area contributed by atoms with Gasteiger partial charge in [0.1, 0.15) is 22.3 Å². The van der Waals surface area contributed by atoms with E-state index in [1.54, 1.807) is 0 Å². The molecule has 0 saturated heterocycles. The van der Waals surface area contributed by atoms with Gasteiger partial charge >= 0.3 is 0 Å². The standard InChI is InChI=1S/C76H52N2O2/c1-49-50(2)75-74(70-46-60-32-42-68(44-62(60)48-72(70)79-75)78(65-37-27-57(28-38-65)53-19-11-5-12-20-53)66-39-29-58(30-40-66)54-21-13-6-14-22-54)76-73(49)69-45-59-31-41-67(43-61(59)47-71(69)80-76)77(63-33-23-55(24-34-63)51-15-7-3-8-16-51)64-35-25-56(26-36-64)52-17-9-4-10-18-52/h3-48H,1-2H3. The Hall–Kier alpha value is -10.4. The van der Waals surface area contributed by atoms with Crippen LogP contribution < -0.4 is 9.80 Å². The molecule has 15 aromatic rings. The molecule has 0 aliphatic rings. The number of nitrogens with zero attached hydrogens (tertiary/aromatic N) is 2. The summed E-state index contributed by atoms with van der Waals surface area (Å²) in [5.74, 6) is 0. The number of anilines is 6. The molecule has 4 nitrogen and oxygen atoms in total. The van der Waals surface area contributed by atoms with Crippen LogP contribution in [0.15, 0.2) is 288 Å². The number of benzene rings is 13. The van der Waals surface area contributed by atoms with E-state index in [2.05, 4.69) is 303 Å². The maximum Gasteiger partial charge on any atom is 0.147 e. The summed E-state index contributed by atoms with van der Waals surface area (Å²) in [6.07, 6.45) is 0. The van der Waals surface area contributed by atoms with E-state index in [9.17, 15) is 0 Å². The number of rotatable bonds is 10. The van der Waals surface area contributed by atoms with Gasteiger partial charge in [0.05, 0.1) is 5.39 Å². The van der Waals surface area contributed by atoms with Crippen molar-refractivity contribution in [3.63, 3.8) is 0 Å². The van der Waals surface area contributed by atoms with Crippen molar-refractivity contribution in [3.8, 4) is 44.5 Å². The molecule has 0 bridgehead atoms. The Labute approximate surface area is 464 Å². The second-order valence-corrected chi connectivity index (χ2v) is 20.9. The first-order valence-corrected chi connectivity index (χ1v) is 27.4. The van der Waals surface area contributed by atoms with Crippen LogP contribution in [0.1, 0.15) is 11.1 Å². The highest BCUT2D eigenvalue weighted by Gasteiger charge is 2.24. The molecule has 13 aromatic carbocycles. The Bertz CT molecular complexity index is 4610. The van der Waals surface area contributed by atoms with Crippen molar-refractivity contribution in [1.29, 1.82) is 0 Å². The highest BCUT2D eigenvalue weighted by Crippen LogP contribution is 2.47. The molecular formula is C76H52N2O2. The quantitative estimate of drug-likeness (QED) is 0.137. The minimum atomic E-state index is 0.828. The average molecular weight is 1030 g/mol. The van der Waals surface area contributed by atoms with Gasteiger partial charge in [-0.1, -0.05) is 182 Å². The van der Waals surface area contributed by atoms with Gasteiger partial charge in [-0.15, -0.1) is 0 Å². The number of furan rings is 2. The van der Waals surface area contributed by atoms with Crippen LogP contribution in [0, 0.1) is 13.8 Å². The van der Waals surface area contributed by atoms with Gasteiger partial charge in [0, 0.05) is 50.3 Å². The molecular weight excluding hydrogens is 973 g/mol. The Balaban J connectivity index is 0.828. The number of hydrogen-bond acceptors (Lipinski definition) is 4. The van der Waals surface area contributed by atoms with Crippen molar-refractivity contribution >= 4 is 99.5 Å². The fourth-order valence-electron chi connectivity index (χ4n) is 12.0. The van der Waals surface area contributed by atoms with Gasteiger partial charge in [-0.25, -0.2) is 0 Å². The molecule has 0 spiro atoms. The summed E-state index contributed by atoms with van der Waals surface area (Å²) < 4.78 is 14.1. The summed E-state index contributed by atoms with van der Waals surface area (Å²) in [6.45, 7) is 4.38. The fraction of sp³-hybridized carbons (Fsp3) is 0.0263. The second kappa shape index (κ2) is 19.2. The minimum Gasteiger partial charge on any atom is -0.456 e. The van der Waals surface area contributed by atoms with Gasteiger partial charge in [0.15, 0.2) is 0 Å². The van der Waals surface area contributed by atoms with Gasteiger partial charge in [0.2, 0.25) is 0 Å². The minimum absolute atomic E-state index is 0.828. The molecule has 2 aromatic heterocycles. The third-order valence-electron chi connectivity index (χ3n) is 16.2. The monoisotopic (exact) mass is 1020 g/mol. The molecule has 2 heterocycles. The van der Waals surface area contributed by atoms with Gasteiger partial charge in [-0.05, 0) is 188 Å². The summed E-state index contributed by atoms with van der Waals surface area (Å²) in [5, 5.41) is 8.72. The van der Waals surface area contributed by atoms with Crippen LogP contribution in [-0.2, 0) is 0 Å². The zero-order valence-electron chi connectivity index (χ0n) is 44.3. The van der Waals surface area contributed by atoms with E-state index in [4.69, 9.17) is 8.83 Å². The smallest absolute Gasteiger partial charge is 0.147 e. The molecule has 0 aliphatic heterocycles. The molecule has 0 radical (unpaired) electrons. The Kier molecular flexibility index (Phi) is 11.3. The van der Waals surface area contributed by atoms with Crippen LogP contribution in [-0.4, -0.2) is 0 Å². The van der Waals surface area contributed by atoms with Gasteiger partial charge in [-0.2, -0.15) is 0 Å². The van der Waals surface area contributed by atoms with E-state index in [1.165, 1.54) is 44.5 Å². The summed E-state index contributed by atoms with van der Waals surface area (Å²) in [4.78, 5) is 4.69. The highest BCUT2D eigenvalue weighted by molar-refractivity contribution is 6.26. The first-order chi connectivity index (χ1) is 39.5. The number of hydrogen-bond donors (Lipinski definition) is 0. The van der Waals surface area contributed by atoms with Crippen molar-refractivity contribution in [3.05, 3.63) is 290 Å². The molecule has 0 unspecified atom stereocenters. The molecule has 0 amide bonds. The second-order valence-electron chi connectivity index (χ2n) is 20.9. The van der Waals surface area contributed by atoms with E-state index < -0.39 is 0 Å². The van der Waals surface area contributed by atoms with Crippen molar-refractivity contribution in [2.24, 2.45) is 0 Å². The third kappa shape index (κ3) is 8.16. The molecule has 15 rings (SSSR count). The molecule has 0 aliphatic carbocycles. The molecule has 0 fully saturated rings.